The minimum absolute atomic E-state index is 0.397. The summed E-state index contributed by atoms with van der Waals surface area (Å²) in [4.78, 5) is 0. The van der Waals surface area contributed by atoms with Crippen molar-refractivity contribution in [3.05, 3.63) is 5.92 Å². The van der Waals surface area contributed by atoms with Crippen LogP contribution in [0.4, 0.5) is 0 Å². The highest BCUT2D eigenvalue weighted by molar-refractivity contribution is 4.98. The van der Waals surface area contributed by atoms with Crippen LogP contribution in [0.5, 0.6) is 0 Å². The smallest absolute Gasteiger partial charge is 0.0193 e. The van der Waals surface area contributed by atoms with Crippen LogP contribution in [-0.4, -0.2) is 0 Å². The Morgan fingerprint density at radius 1 is 1.11 bits per heavy atom. The number of hydrogen-bond donors (Lipinski definition) is 0. The van der Waals surface area contributed by atoms with Crippen LogP contribution in [0.15, 0.2) is 0 Å². The van der Waals surface area contributed by atoms with Crippen LogP contribution in [0.2, 0.25) is 0 Å². The second-order valence-electron chi connectivity index (χ2n) is 4.09. The first-order valence-electron chi connectivity index (χ1n) is 3.69. The highest BCUT2D eigenvalue weighted by atomic mass is 14.3. The van der Waals surface area contributed by atoms with Gasteiger partial charge in [-0.05, 0) is 17.3 Å². The molecule has 0 fully saturated rings. The van der Waals surface area contributed by atoms with Gasteiger partial charge in [0.1, 0.15) is 0 Å². The van der Waals surface area contributed by atoms with Crippen molar-refractivity contribution in [1.82, 2.24) is 0 Å². The van der Waals surface area contributed by atoms with Gasteiger partial charge in [-0.1, -0.05) is 41.5 Å². The summed E-state index contributed by atoms with van der Waals surface area (Å²) in [6.07, 6.45) is 0. The van der Waals surface area contributed by atoms with Crippen molar-refractivity contribution in [2.24, 2.45) is 11.3 Å². The lowest BCUT2D eigenvalue weighted by molar-refractivity contribution is 0.370. The Bertz CT molecular complexity index is 74.5. The van der Waals surface area contributed by atoms with Crippen LogP contribution in [0.3, 0.4) is 0 Å². The first-order chi connectivity index (χ1) is 3.85. The van der Waals surface area contributed by atoms with E-state index in [1.807, 2.05) is 0 Å². The Kier molecular flexibility index (Phi) is 2.72. The van der Waals surface area contributed by atoms with Crippen LogP contribution in [0.1, 0.15) is 41.5 Å². The molecular formula is C9H19. The van der Waals surface area contributed by atoms with E-state index in [0.717, 1.165) is 5.92 Å². The SMILES string of the molecule is C[C](C(C)C)C(C)(C)C. The van der Waals surface area contributed by atoms with Crippen molar-refractivity contribution in [2.45, 2.75) is 41.5 Å². The van der Waals surface area contributed by atoms with Gasteiger partial charge >= 0.3 is 0 Å². The molecule has 0 bridgehead atoms. The topological polar surface area (TPSA) is 0 Å². The van der Waals surface area contributed by atoms with E-state index in [4.69, 9.17) is 0 Å². The third-order valence-electron chi connectivity index (χ3n) is 2.05. The summed E-state index contributed by atoms with van der Waals surface area (Å²) < 4.78 is 0. The Balaban J connectivity index is 3.88. The zero-order chi connectivity index (χ0) is 7.65. The summed E-state index contributed by atoms with van der Waals surface area (Å²) in [6.45, 7) is 13.5. The van der Waals surface area contributed by atoms with Crippen LogP contribution >= 0.6 is 0 Å². The van der Waals surface area contributed by atoms with E-state index in [1.165, 1.54) is 0 Å². The summed E-state index contributed by atoms with van der Waals surface area (Å²) in [5, 5.41) is 0. The van der Waals surface area contributed by atoms with E-state index >= 15 is 0 Å². The van der Waals surface area contributed by atoms with Gasteiger partial charge in [0.2, 0.25) is 0 Å². The lowest BCUT2D eigenvalue weighted by Crippen LogP contribution is -2.19. The van der Waals surface area contributed by atoms with Crippen molar-refractivity contribution in [1.29, 1.82) is 0 Å². The van der Waals surface area contributed by atoms with Crippen molar-refractivity contribution >= 4 is 0 Å². The first kappa shape index (κ1) is 9.00. The van der Waals surface area contributed by atoms with Gasteiger partial charge in [0.05, 0.1) is 0 Å². The molecule has 0 spiro atoms. The lowest BCUT2D eigenvalue weighted by Gasteiger charge is -2.29. The monoisotopic (exact) mass is 127 g/mol. The fourth-order valence-corrected chi connectivity index (χ4v) is 0.866. The lowest BCUT2D eigenvalue weighted by atomic mass is 9.76. The van der Waals surface area contributed by atoms with Gasteiger partial charge in [-0.2, -0.15) is 0 Å². The minimum atomic E-state index is 0.397. The molecule has 0 aliphatic carbocycles. The van der Waals surface area contributed by atoms with E-state index in [0.29, 0.717) is 5.41 Å². The molecule has 0 N–H and O–H groups in total. The highest BCUT2D eigenvalue weighted by Gasteiger charge is 2.22. The number of rotatable bonds is 1. The van der Waals surface area contributed by atoms with Gasteiger partial charge in [0.15, 0.2) is 0 Å². The van der Waals surface area contributed by atoms with E-state index in [2.05, 4.69) is 41.5 Å². The quantitative estimate of drug-likeness (QED) is 0.507. The zero-order valence-corrected chi connectivity index (χ0v) is 7.58. The van der Waals surface area contributed by atoms with E-state index < -0.39 is 0 Å². The predicted octanol–water partition coefficient (Wildman–Crippen LogP) is 3.28. The molecule has 9 heavy (non-hydrogen) atoms. The van der Waals surface area contributed by atoms with Crippen LogP contribution in [0.25, 0.3) is 0 Å². The van der Waals surface area contributed by atoms with Gasteiger partial charge in [0.25, 0.3) is 0 Å². The molecule has 0 heteroatoms. The molecule has 0 nitrogen and oxygen atoms in total. The molecule has 0 saturated heterocycles. The van der Waals surface area contributed by atoms with Gasteiger partial charge in [-0.3, -0.25) is 0 Å². The zero-order valence-electron chi connectivity index (χ0n) is 7.58. The standard InChI is InChI=1S/C9H19/c1-7(2)8(3)9(4,5)6/h7H,1-6H3. The van der Waals surface area contributed by atoms with Gasteiger partial charge < -0.3 is 0 Å². The number of hydrogen-bond acceptors (Lipinski definition) is 0. The molecule has 0 amide bonds. The van der Waals surface area contributed by atoms with Gasteiger partial charge in [-0.15, -0.1) is 0 Å². The van der Waals surface area contributed by atoms with E-state index in [9.17, 15) is 0 Å². The molecule has 0 rings (SSSR count). The summed E-state index contributed by atoms with van der Waals surface area (Å²) in [5.74, 6) is 2.31. The van der Waals surface area contributed by atoms with Crippen molar-refractivity contribution in [2.75, 3.05) is 0 Å². The summed E-state index contributed by atoms with van der Waals surface area (Å²) in [7, 11) is 0. The normalized spacial score (nSPS) is 13.3. The fraction of sp³-hybridized carbons (Fsp3) is 0.889. The Morgan fingerprint density at radius 2 is 1.44 bits per heavy atom. The molecule has 0 heterocycles. The van der Waals surface area contributed by atoms with Crippen molar-refractivity contribution in [3.63, 3.8) is 0 Å². The summed E-state index contributed by atoms with van der Waals surface area (Å²) >= 11 is 0. The van der Waals surface area contributed by atoms with Crippen molar-refractivity contribution in [3.8, 4) is 0 Å². The molecule has 0 aromatic heterocycles. The molecule has 0 aromatic carbocycles. The molecule has 0 atom stereocenters. The van der Waals surface area contributed by atoms with E-state index in [-0.39, 0.29) is 0 Å². The van der Waals surface area contributed by atoms with Crippen LogP contribution in [-0.2, 0) is 0 Å². The molecule has 0 aliphatic rings. The molecule has 55 valence electrons. The average molecular weight is 127 g/mol. The molecule has 0 saturated carbocycles. The highest BCUT2D eigenvalue weighted by Crippen LogP contribution is 2.32. The molecule has 0 aromatic rings. The Labute approximate surface area is 59.7 Å². The van der Waals surface area contributed by atoms with Crippen LogP contribution < -0.4 is 0 Å². The molecule has 1 radical (unpaired) electrons. The third kappa shape index (κ3) is 2.88. The second kappa shape index (κ2) is 2.72. The average Bonchev–Trinajstić information content (AvgIpc) is 1.62. The largest absolute Gasteiger partial charge is 0.0622 e. The van der Waals surface area contributed by atoms with Gasteiger partial charge in [0, 0.05) is 0 Å². The maximum absolute atomic E-state index is 2.27. The van der Waals surface area contributed by atoms with Crippen LogP contribution in [0, 0.1) is 17.3 Å². The third-order valence-corrected chi connectivity index (χ3v) is 2.05. The first-order valence-corrected chi connectivity index (χ1v) is 3.69. The maximum atomic E-state index is 2.27. The van der Waals surface area contributed by atoms with Crippen molar-refractivity contribution < 1.29 is 0 Å². The fourth-order valence-electron chi connectivity index (χ4n) is 0.866. The Hall–Kier alpha value is 0. The molecular weight excluding hydrogens is 108 g/mol. The molecule has 0 unspecified atom stereocenters. The summed E-state index contributed by atoms with van der Waals surface area (Å²) in [6, 6.07) is 0. The summed E-state index contributed by atoms with van der Waals surface area (Å²) in [5.41, 5.74) is 0.397. The minimum Gasteiger partial charge on any atom is -0.0622 e. The predicted molar refractivity (Wildman–Crippen MR) is 43.2 cm³/mol. The van der Waals surface area contributed by atoms with E-state index in [1.54, 1.807) is 5.92 Å². The van der Waals surface area contributed by atoms with Gasteiger partial charge in [-0.25, -0.2) is 0 Å². The maximum Gasteiger partial charge on any atom is -0.0193 e. The molecule has 0 aliphatic heterocycles. The second-order valence-corrected chi connectivity index (χ2v) is 4.09. The Morgan fingerprint density at radius 3 is 1.44 bits per heavy atom.